The Labute approximate surface area is 287 Å². The van der Waals surface area contributed by atoms with Gasteiger partial charge in [-0.1, -0.05) is 103 Å². The van der Waals surface area contributed by atoms with E-state index < -0.39 is 0 Å². The van der Waals surface area contributed by atoms with Crippen molar-refractivity contribution in [1.29, 1.82) is 0 Å². The van der Waals surface area contributed by atoms with Crippen LogP contribution in [-0.2, 0) is 0 Å². The molecule has 5 nitrogen and oxygen atoms in total. The van der Waals surface area contributed by atoms with Gasteiger partial charge in [-0.05, 0) is 58.7 Å². The Morgan fingerprint density at radius 2 is 0.816 bits per heavy atom. The first-order valence-electron chi connectivity index (χ1n) is 16.1. The first-order chi connectivity index (χ1) is 24.3. The summed E-state index contributed by atoms with van der Waals surface area (Å²) in [5, 5.41) is 2.38. The second-order valence-corrected chi connectivity index (χ2v) is 12.8. The van der Waals surface area contributed by atoms with Crippen molar-refractivity contribution in [1.82, 2.24) is 24.9 Å². The number of benzene rings is 5. The van der Waals surface area contributed by atoms with E-state index in [1.807, 2.05) is 97.6 Å². The van der Waals surface area contributed by atoms with Gasteiger partial charge in [0, 0.05) is 72.8 Å². The SMILES string of the molecule is c1ccc(-c2nc(-c3ccccc3)nc(-c3cccc4c3sc3c(-c5cc(-c6cccnc6)cc(-c6cccnc6)c5)cccc34)n2)cc1. The third-order valence-corrected chi connectivity index (χ3v) is 9.99. The lowest BCUT2D eigenvalue weighted by Gasteiger charge is -2.11. The van der Waals surface area contributed by atoms with E-state index in [1.54, 1.807) is 11.3 Å². The number of nitrogens with zero attached hydrogens (tertiary/aromatic N) is 5. The average molecular weight is 646 g/mol. The van der Waals surface area contributed by atoms with Crippen LogP contribution in [0, 0.1) is 0 Å². The van der Waals surface area contributed by atoms with Crippen molar-refractivity contribution < 1.29 is 0 Å². The fraction of sp³-hybridized carbons (Fsp3) is 0. The summed E-state index contributed by atoms with van der Waals surface area (Å²) in [5.74, 6) is 1.96. The van der Waals surface area contributed by atoms with Crippen molar-refractivity contribution in [3.63, 3.8) is 0 Å². The van der Waals surface area contributed by atoms with Gasteiger partial charge in [-0.2, -0.15) is 0 Å². The summed E-state index contributed by atoms with van der Waals surface area (Å²) in [6.07, 6.45) is 7.45. The summed E-state index contributed by atoms with van der Waals surface area (Å²) >= 11 is 1.79. The normalized spacial score (nSPS) is 11.3. The van der Waals surface area contributed by atoms with E-state index in [2.05, 4.69) is 76.7 Å². The number of thiophene rings is 1. The first kappa shape index (κ1) is 28.8. The average Bonchev–Trinajstić information content (AvgIpc) is 3.58. The van der Waals surface area contributed by atoms with Crippen LogP contribution in [0.25, 0.3) is 87.7 Å². The summed E-state index contributed by atoms with van der Waals surface area (Å²) in [5.41, 5.74) is 9.55. The van der Waals surface area contributed by atoms with E-state index >= 15 is 0 Å². The minimum absolute atomic E-state index is 0.651. The maximum atomic E-state index is 5.06. The third kappa shape index (κ3) is 5.44. The fourth-order valence-electron chi connectivity index (χ4n) is 6.34. The minimum atomic E-state index is 0.651. The fourth-order valence-corrected chi connectivity index (χ4v) is 7.68. The molecule has 0 aliphatic rings. The molecule has 0 aliphatic carbocycles. The molecule has 0 spiro atoms. The zero-order valence-electron chi connectivity index (χ0n) is 26.2. The molecule has 0 saturated carbocycles. The molecule has 49 heavy (non-hydrogen) atoms. The Morgan fingerprint density at radius 1 is 0.347 bits per heavy atom. The second kappa shape index (κ2) is 12.3. The summed E-state index contributed by atoms with van der Waals surface area (Å²) in [6, 6.07) is 48.2. The topological polar surface area (TPSA) is 64.5 Å². The Hall–Kier alpha value is -6.37. The van der Waals surface area contributed by atoms with Gasteiger partial charge in [-0.3, -0.25) is 9.97 Å². The van der Waals surface area contributed by atoms with Crippen molar-refractivity contribution in [2.24, 2.45) is 0 Å². The van der Waals surface area contributed by atoms with Crippen molar-refractivity contribution in [3.05, 3.63) is 164 Å². The highest BCUT2D eigenvalue weighted by Gasteiger charge is 2.18. The van der Waals surface area contributed by atoms with Gasteiger partial charge in [-0.15, -0.1) is 11.3 Å². The maximum Gasteiger partial charge on any atom is 0.165 e. The summed E-state index contributed by atoms with van der Waals surface area (Å²) in [4.78, 5) is 23.9. The molecule has 5 aromatic carbocycles. The number of fused-ring (bicyclic) bond motifs is 3. The van der Waals surface area contributed by atoms with Crippen molar-refractivity contribution in [2.75, 3.05) is 0 Å². The highest BCUT2D eigenvalue weighted by atomic mass is 32.1. The number of pyridine rings is 2. The summed E-state index contributed by atoms with van der Waals surface area (Å²) < 4.78 is 2.36. The highest BCUT2D eigenvalue weighted by molar-refractivity contribution is 7.26. The minimum Gasteiger partial charge on any atom is -0.264 e. The molecule has 0 fully saturated rings. The summed E-state index contributed by atoms with van der Waals surface area (Å²) in [6.45, 7) is 0. The Bertz CT molecular complexity index is 2290. The van der Waals surface area contributed by atoms with Crippen LogP contribution in [0.1, 0.15) is 0 Å². The lowest BCUT2D eigenvalue weighted by atomic mass is 9.93. The van der Waals surface area contributed by atoms with E-state index in [-0.39, 0.29) is 0 Å². The van der Waals surface area contributed by atoms with Gasteiger partial charge in [0.1, 0.15) is 0 Å². The Balaban J connectivity index is 1.26. The molecule has 4 aromatic heterocycles. The molecule has 0 atom stereocenters. The molecule has 0 unspecified atom stereocenters. The standard InChI is InChI=1S/C43H27N5S/c1-3-11-28(12-4-1)41-46-42(29-13-5-2-6-14-29)48-43(47-41)38-20-8-19-37-36-18-7-17-35(39(36)49-40(37)38)34-24-32(30-15-9-21-44-26-30)23-33(25-34)31-16-10-22-45-27-31/h1-27H. The first-order valence-corrected chi connectivity index (χ1v) is 16.9. The smallest absolute Gasteiger partial charge is 0.165 e. The Morgan fingerprint density at radius 3 is 1.35 bits per heavy atom. The zero-order valence-corrected chi connectivity index (χ0v) is 27.0. The number of hydrogen-bond acceptors (Lipinski definition) is 6. The van der Waals surface area contributed by atoms with Gasteiger partial charge in [0.05, 0.1) is 0 Å². The van der Waals surface area contributed by atoms with Crippen LogP contribution in [0.4, 0.5) is 0 Å². The zero-order chi connectivity index (χ0) is 32.6. The second-order valence-electron chi connectivity index (χ2n) is 11.8. The van der Waals surface area contributed by atoms with Gasteiger partial charge in [-0.25, -0.2) is 15.0 Å². The van der Waals surface area contributed by atoms with Gasteiger partial charge in [0.15, 0.2) is 17.5 Å². The molecule has 230 valence electrons. The largest absolute Gasteiger partial charge is 0.264 e. The van der Waals surface area contributed by atoms with Gasteiger partial charge < -0.3 is 0 Å². The van der Waals surface area contributed by atoms with Crippen LogP contribution < -0.4 is 0 Å². The lowest BCUT2D eigenvalue weighted by Crippen LogP contribution is -2.00. The maximum absolute atomic E-state index is 5.06. The number of aromatic nitrogens is 5. The van der Waals surface area contributed by atoms with Gasteiger partial charge in [0.25, 0.3) is 0 Å². The van der Waals surface area contributed by atoms with E-state index in [1.165, 1.54) is 21.0 Å². The molecule has 0 aliphatic heterocycles. The van der Waals surface area contributed by atoms with E-state index in [9.17, 15) is 0 Å². The van der Waals surface area contributed by atoms with Crippen molar-refractivity contribution in [3.8, 4) is 67.5 Å². The highest BCUT2D eigenvalue weighted by Crippen LogP contribution is 2.44. The van der Waals surface area contributed by atoms with Gasteiger partial charge >= 0.3 is 0 Å². The molecule has 9 rings (SSSR count). The molecule has 0 radical (unpaired) electrons. The molecular formula is C43H27N5S. The molecule has 0 bridgehead atoms. The van der Waals surface area contributed by atoms with Crippen molar-refractivity contribution in [2.45, 2.75) is 0 Å². The predicted octanol–water partition coefficient (Wildman–Crippen LogP) is 11.0. The lowest BCUT2D eigenvalue weighted by molar-refractivity contribution is 1.08. The van der Waals surface area contributed by atoms with E-state index in [0.717, 1.165) is 49.2 Å². The molecule has 0 amide bonds. The molecular weight excluding hydrogens is 619 g/mol. The molecule has 0 N–H and O–H groups in total. The number of rotatable bonds is 6. The van der Waals surface area contributed by atoms with E-state index in [0.29, 0.717) is 17.5 Å². The van der Waals surface area contributed by atoms with Gasteiger partial charge in [0.2, 0.25) is 0 Å². The third-order valence-electron chi connectivity index (χ3n) is 8.70. The number of hydrogen-bond donors (Lipinski definition) is 0. The van der Waals surface area contributed by atoms with Crippen molar-refractivity contribution >= 4 is 31.5 Å². The van der Waals surface area contributed by atoms with Crippen LogP contribution in [0.2, 0.25) is 0 Å². The van der Waals surface area contributed by atoms with Crippen LogP contribution in [0.3, 0.4) is 0 Å². The van der Waals surface area contributed by atoms with Crippen LogP contribution in [0.5, 0.6) is 0 Å². The predicted molar refractivity (Wildman–Crippen MR) is 201 cm³/mol. The molecule has 9 aromatic rings. The summed E-state index contributed by atoms with van der Waals surface area (Å²) in [7, 11) is 0. The quantitative estimate of drug-likeness (QED) is 0.180. The van der Waals surface area contributed by atoms with E-state index in [4.69, 9.17) is 15.0 Å². The van der Waals surface area contributed by atoms with Crippen LogP contribution in [0.15, 0.2) is 164 Å². The van der Waals surface area contributed by atoms with Crippen LogP contribution >= 0.6 is 11.3 Å². The molecule has 4 heterocycles. The van der Waals surface area contributed by atoms with Crippen LogP contribution in [-0.4, -0.2) is 24.9 Å². The molecule has 6 heteroatoms. The monoisotopic (exact) mass is 645 g/mol. The Kier molecular flexibility index (Phi) is 7.26. The molecule has 0 saturated heterocycles.